The summed E-state index contributed by atoms with van der Waals surface area (Å²) in [5.41, 5.74) is 2.48. The third-order valence-electron chi connectivity index (χ3n) is 3.63. The van der Waals surface area contributed by atoms with Crippen LogP contribution in [0, 0.1) is 6.92 Å². The second-order valence-corrected chi connectivity index (χ2v) is 5.15. The van der Waals surface area contributed by atoms with E-state index >= 15 is 0 Å². The molecule has 4 nitrogen and oxygen atoms in total. The highest BCUT2D eigenvalue weighted by Crippen LogP contribution is 2.33. The molecule has 3 rings (SSSR count). The number of nitrogens with one attached hydrogen (secondary N) is 1. The van der Waals surface area contributed by atoms with Crippen LogP contribution in [0.2, 0.25) is 0 Å². The van der Waals surface area contributed by atoms with Crippen molar-refractivity contribution >= 4 is 5.69 Å². The fraction of sp³-hybridized carbons (Fsp3) is 0.400. The lowest BCUT2D eigenvalue weighted by Crippen LogP contribution is -2.26. The molecule has 2 aromatic rings. The number of para-hydroxylation sites is 1. The Kier molecular flexibility index (Phi) is 3.15. The average molecular weight is 257 g/mol. The first-order valence-electron chi connectivity index (χ1n) is 6.82. The largest absolute Gasteiger partial charge is 0.383 e. The van der Waals surface area contributed by atoms with Gasteiger partial charge in [0.1, 0.15) is 0 Å². The highest BCUT2D eigenvalue weighted by molar-refractivity contribution is 5.50. The van der Waals surface area contributed by atoms with Gasteiger partial charge in [-0.1, -0.05) is 18.2 Å². The van der Waals surface area contributed by atoms with Crippen LogP contribution in [0.5, 0.6) is 0 Å². The lowest BCUT2D eigenvalue weighted by molar-refractivity contribution is 0.633. The molecule has 1 aliphatic rings. The van der Waals surface area contributed by atoms with E-state index in [1.165, 1.54) is 5.56 Å². The summed E-state index contributed by atoms with van der Waals surface area (Å²) in [6, 6.07) is 8.65. The van der Waals surface area contributed by atoms with Crippen molar-refractivity contribution in [1.82, 2.24) is 9.13 Å². The monoisotopic (exact) mass is 257 g/mol. The quantitative estimate of drug-likeness (QED) is 0.893. The molecule has 0 aliphatic heterocycles. The summed E-state index contributed by atoms with van der Waals surface area (Å²) in [6.45, 7) is 3.55. The number of hydrogen-bond donors (Lipinski definition) is 1. The fourth-order valence-corrected chi connectivity index (χ4v) is 2.31. The van der Waals surface area contributed by atoms with E-state index in [-0.39, 0.29) is 5.69 Å². The minimum absolute atomic E-state index is 0.120. The number of imidazole rings is 1. The van der Waals surface area contributed by atoms with Crippen LogP contribution in [0.15, 0.2) is 41.5 Å². The molecule has 0 atom stereocenters. The maximum absolute atomic E-state index is 12.1. The van der Waals surface area contributed by atoms with Gasteiger partial charge in [0.25, 0.3) is 0 Å². The van der Waals surface area contributed by atoms with Crippen molar-refractivity contribution < 1.29 is 0 Å². The third kappa shape index (κ3) is 2.57. The van der Waals surface area contributed by atoms with Gasteiger partial charge in [0.05, 0.1) is 0 Å². The minimum atomic E-state index is 0.120. The number of anilines is 1. The van der Waals surface area contributed by atoms with Gasteiger partial charge >= 0.3 is 5.69 Å². The lowest BCUT2D eigenvalue weighted by atomic mass is 10.2. The molecular weight excluding hydrogens is 238 g/mol. The summed E-state index contributed by atoms with van der Waals surface area (Å²) in [5, 5.41) is 3.37. The molecule has 19 heavy (non-hydrogen) atoms. The number of aryl methyl sites for hydroxylation is 1. The summed E-state index contributed by atoms with van der Waals surface area (Å²) >= 11 is 0. The third-order valence-corrected chi connectivity index (χ3v) is 3.63. The zero-order valence-electron chi connectivity index (χ0n) is 11.2. The van der Waals surface area contributed by atoms with Gasteiger partial charge < -0.3 is 5.32 Å². The van der Waals surface area contributed by atoms with Crippen molar-refractivity contribution in [3.05, 3.63) is 52.7 Å². The molecule has 0 unspecified atom stereocenters. The highest BCUT2D eigenvalue weighted by atomic mass is 16.1. The Morgan fingerprint density at radius 1 is 1.26 bits per heavy atom. The van der Waals surface area contributed by atoms with Crippen LogP contribution in [0.1, 0.15) is 24.4 Å². The first-order chi connectivity index (χ1) is 9.25. The Bertz CT molecular complexity index is 622. The van der Waals surface area contributed by atoms with E-state index in [1.807, 2.05) is 29.1 Å². The summed E-state index contributed by atoms with van der Waals surface area (Å²) < 4.78 is 3.64. The van der Waals surface area contributed by atoms with Crippen LogP contribution in [-0.4, -0.2) is 15.7 Å². The normalized spacial score (nSPS) is 14.6. The second-order valence-electron chi connectivity index (χ2n) is 5.15. The van der Waals surface area contributed by atoms with Gasteiger partial charge in [0, 0.05) is 37.2 Å². The molecule has 0 amide bonds. The molecule has 1 heterocycles. The highest BCUT2D eigenvalue weighted by Gasteiger charge is 2.25. The predicted octanol–water partition coefficient (Wildman–Crippen LogP) is 2.41. The lowest BCUT2D eigenvalue weighted by Gasteiger charge is -2.09. The number of rotatable bonds is 5. The molecule has 1 saturated carbocycles. The molecule has 100 valence electrons. The van der Waals surface area contributed by atoms with E-state index in [4.69, 9.17) is 0 Å². The Balaban J connectivity index is 1.61. The van der Waals surface area contributed by atoms with Crippen LogP contribution in [0.4, 0.5) is 5.69 Å². The first-order valence-corrected chi connectivity index (χ1v) is 6.82. The van der Waals surface area contributed by atoms with Crippen molar-refractivity contribution in [1.29, 1.82) is 0 Å². The molecule has 1 N–H and O–H groups in total. The summed E-state index contributed by atoms with van der Waals surface area (Å²) in [5.74, 6) is 0. The van der Waals surface area contributed by atoms with Crippen LogP contribution < -0.4 is 11.0 Å². The van der Waals surface area contributed by atoms with Gasteiger partial charge in [-0.15, -0.1) is 0 Å². The molecule has 1 aromatic carbocycles. The molecule has 1 fully saturated rings. The van der Waals surface area contributed by atoms with Crippen LogP contribution in [-0.2, 0) is 6.54 Å². The molecule has 1 aromatic heterocycles. The average Bonchev–Trinajstić information content (AvgIpc) is 3.18. The van der Waals surface area contributed by atoms with Crippen LogP contribution in [0.25, 0.3) is 0 Å². The van der Waals surface area contributed by atoms with Gasteiger partial charge in [-0.2, -0.15) is 0 Å². The smallest absolute Gasteiger partial charge is 0.328 e. The number of aromatic nitrogens is 2. The molecule has 0 saturated heterocycles. The van der Waals surface area contributed by atoms with E-state index in [2.05, 4.69) is 24.4 Å². The Labute approximate surface area is 112 Å². The zero-order chi connectivity index (χ0) is 13.2. The van der Waals surface area contributed by atoms with Gasteiger partial charge in [-0.05, 0) is 31.4 Å². The summed E-state index contributed by atoms with van der Waals surface area (Å²) in [6.07, 6.45) is 6.09. The molecule has 0 bridgehead atoms. The van der Waals surface area contributed by atoms with E-state index in [0.29, 0.717) is 12.6 Å². The molecule has 4 heteroatoms. The van der Waals surface area contributed by atoms with Gasteiger partial charge in [-0.3, -0.25) is 9.13 Å². The topological polar surface area (TPSA) is 39.0 Å². The molecule has 0 radical (unpaired) electrons. The van der Waals surface area contributed by atoms with Crippen molar-refractivity contribution in [2.24, 2.45) is 0 Å². The van der Waals surface area contributed by atoms with E-state index < -0.39 is 0 Å². The van der Waals surface area contributed by atoms with Gasteiger partial charge in [0.2, 0.25) is 0 Å². The predicted molar refractivity (Wildman–Crippen MR) is 76.6 cm³/mol. The maximum Gasteiger partial charge on any atom is 0.328 e. The van der Waals surface area contributed by atoms with Gasteiger partial charge in [-0.25, -0.2) is 4.79 Å². The molecular formula is C15H19N3O. The maximum atomic E-state index is 12.1. The second kappa shape index (κ2) is 4.96. The van der Waals surface area contributed by atoms with E-state index in [0.717, 1.165) is 25.1 Å². The summed E-state index contributed by atoms with van der Waals surface area (Å²) in [7, 11) is 0. The standard InChI is InChI=1S/C15H19N3O/c1-12-4-2-3-5-14(12)16-8-9-17-10-11-18(15(17)19)13-6-7-13/h2-5,10-11,13,16H,6-9H2,1H3. The van der Waals surface area contributed by atoms with Crippen LogP contribution >= 0.6 is 0 Å². The van der Waals surface area contributed by atoms with Crippen LogP contribution in [0.3, 0.4) is 0 Å². The minimum Gasteiger partial charge on any atom is -0.383 e. The molecule has 1 aliphatic carbocycles. The number of hydrogen-bond acceptors (Lipinski definition) is 2. The van der Waals surface area contributed by atoms with E-state index in [9.17, 15) is 4.79 Å². The first kappa shape index (κ1) is 12.1. The van der Waals surface area contributed by atoms with Crippen molar-refractivity contribution in [3.8, 4) is 0 Å². The van der Waals surface area contributed by atoms with E-state index in [1.54, 1.807) is 4.57 Å². The SMILES string of the molecule is Cc1ccccc1NCCn1ccn(C2CC2)c1=O. The van der Waals surface area contributed by atoms with Crippen molar-refractivity contribution in [3.63, 3.8) is 0 Å². The number of benzene rings is 1. The summed E-state index contributed by atoms with van der Waals surface area (Å²) in [4.78, 5) is 12.1. The Morgan fingerprint density at radius 3 is 2.79 bits per heavy atom. The fourth-order valence-electron chi connectivity index (χ4n) is 2.31. The Hall–Kier alpha value is -1.97. The Morgan fingerprint density at radius 2 is 2.05 bits per heavy atom. The number of nitrogens with zero attached hydrogens (tertiary/aromatic N) is 2. The van der Waals surface area contributed by atoms with Crippen molar-refractivity contribution in [2.45, 2.75) is 32.4 Å². The van der Waals surface area contributed by atoms with Crippen molar-refractivity contribution in [2.75, 3.05) is 11.9 Å². The zero-order valence-corrected chi connectivity index (χ0v) is 11.2. The van der Waals surface area contributed by atoms with Gasteiger partial charge in [0.15, 0.2) is 0 Å². The molecule has 0 spiro atoms.